The lowest BCUT2D eigenvalue weighted by Gasteiger charge is -2.41. The monoisotopic (exact) mass is 516 g/mol. The lowest BCUT2D eigenvalue weighted by molar-refractivity contribution is -0.00255. The van der Waals surface area contributed by atoms with Crippen LogP contribution in [0.1, 0.15) is 31.1 Å². The summed E-state index contributed by atoms with van der Waals surface area (Å²) in [6, 6.07) is 0.0132. The van der Waals surface area contributed by atoms with Crippen LogP contribution in [-0.2, 0) is 4.74 Å². The van der Waals surface area contributed by atoms with Crippen molar-refractivity contribution in [3.8, 4) is 0 Å². The van der Waals surface area contributed by atoms with Crippen molar-refractivity contribution in [3.63, 3.8) is 0 Å². The first-order chi connectivity index (χ1) is 12.5. The highest BCUT2D eigenvalue weighted by Crippen LogP contribution is 2.29. The summed E-state index contributed by atoms with van der Waals surface area (Å²) < 4.78 is 33.4. The van der Waals surface area contributed by atoms with E-state index in [4.69, 9.17) is 16.3 Å². The van der Waals surface area contributed by atoms with Crippen molar-refractivity contribution >= 4 is 46.2 Å². The molecule has 1 aliphatic heterocycles. The molecule has 0 aromatic heterocycles. The maximum atomic E-state index is 14.4. The molecule has 1 aromatic carbocycles. The number of hydrogen-bond donors (Lipinski definition) is 1. The minimum atomic E-state index is -1.02. The van der Waals surface area contributed by atoms with E-state index in [0.717, 1.165) is 6.07 Å². The van der Waals surface area contributed by atoms with Crippen LogP contribution in [0.25, 0.3) is 0 Å². The number of aliphatic hydroxyl groups is 1. The number of aliphatic hydroxyl groups excluding tert-OH is 1. The van der Waals surface area contributed by atoms with Gasteiger partial charge in [-0.15, -0.1) is 0 Å². The smallest absolute Gasteiger partial charge is 0.410 e. The lowest BCUT2D eigenvalue weighted by atomic mass is 10.1. The normalized spacial score (nSPS) is 17.9. The summed E-state index contributed by atoms with van der Waals surface area (Å²) in [5.41, 5.74) is -1.20. The predicted molar refractivity (Wildman–Crippen MR) is 104 cm³/mol. The summed E-state index contributed by atoms with van der Waals surface area (Å²) in [5, 5.41) is 9.18. The Morgan fingerprint density at radius 3 is 2.56 bits per heavy atom. The molecular formula is C17H20ClF2IN2O4. The van der Waals surface area contributed by atoms with Crippen LogP contribution >= 0.6 is 34.2 Å². The lowest BCUT2D eigenvalue weighted by Crippen LogP contribution is -2.58. The van der Waals surface area contributed by atoms with Gasteiger partial charge < -0.3 is 19.6 Å². The maximum Gasteiger partial charge on any atom is 0.410 e. The van der Waals surface area contributed by atoms with Gasteiger partial charge in [-0.1, -0.05) is 11.6 Å². The molecule has 10 heteroatoms. The molecule has 0 unspecified atom stereocenters. The largest absolute Gasteiger partial charge is 0.444 e. The van der Waals surface area contributed by atoms with Crippen molar-refractivity contribution in [1.82, 2.24) is 9.80 Å². The molecule has 6 nitrogen and oxygen atoms in total. The highest BCUT2D eigenvalue weighted by Gasteiger charge is 2.36. The summed E-state index contributed by atoms with van der Waals surface area (Å²) in [6.07, 6.45) is -0.567. The average molecular weight is 517 g/mol. The Hall–Kier alpha value is -1.20. The minimum absolute atomic E-state index is 0.0132. The summed E-state index contributed by atoms with van der Waals surface area (Å²) in [7, 11) is 0. The van der Waals surface area contributed by atoms with Gasteiger partial charge in [-0.2, -0.15) is 0 Å². The quantitative estimate of drug-likeness (QED) is 0.372. The Labute approximate surface area is 174 Å². The highest BCUT2D eigenvalue weighted by molar-refractivity contribution is 14.1. The van der Waals surface area contributed by atoms with Crippen molar-refractivity contribution in [1.29, 1.82) is 0 Å². The molecule has 1 fully saturated rings. The van der Waals surface area contributed by atoms with Gasteiger partial charge >= 0.3 is 6.09 Å². The van der Waals surface area contributed by atoms with Crippen molar-refractivity contribution < 1.29 is 28.2 Å². The Balaban J connectivity index is 2.21. The first-order valence-corrected chi connectivity index (χ1v) is 9.64. The molecule has 1 saturated heterocycles. The summed E-state index contributed by atoms with van der Waals surface area (Å²) in [4.78, 5) is 27.5. The molecule has 150 valence electrons. The number of halogens is 4. The molecule has 0 spiro atoms. The maximum absolute atomic E-state index is 14.4. The number of nitrogens with zero attached hydrogens (tertiary/aromatic N) is 2. The Morgan fingerprint density at radius 2 is 2.00 bits per heavy atom. The zero-order valence-corrected chi connectivity index (χ0v) is 18.0. The summed E-state index contributed by atoms with van der Waals surface area (Å²) in [5.74, 6) is -2.62. The third-order valence-electron chi connectivity index (χ3n) is 3.94. The molecule has 1 aliphatic rings. The van der Waals surface area contributed by atoms with E-state index in [2.05, 4.69) is 0 Å². The van der Waals surface area contributed by atoms with Gasteiger partial charge in [0, 0.05) is 19.6 Å². The molecule has 2 amide bonds. The van der Waals surface area contributed by atoms with E-state index >= 15 is 0 Å². The van der Waals surface area contributed by atoms with Gasteiger partial charge in [-0.3, -0.25) is 4.79 Å². The van der Waals surface area contributed by atoms with Crippen LogP contribution in [0.5, 0.6) is 0 Å². The van der Waals surface area contributed by atoms with Crippen LogP contribution in [0.15, 0.2) is 6.07 Å². The zero-order chi connectivity index (χ0) is 20.5. The zero-order valence-electron chi connectivity index (χ0n) is 15.1. The number of carbonyl (C=O) groups is 2. The number of benzene rings is 1. The highest BCUT2D eigenvalue weighted by atomic mass is 127. The van der Waals surface area contributed by atoms with Crippen LogP contribution < -0.4 is 0 Å². The third-order valence-corrected chi connectivity index (χ3v) is 5.67. The van der Waals surface area contributed by atoms with Gasteiger partial charge in [0.2, 0.25) is 0 Å². The van der Waals surface area contributed by atoms with Crippen LogP contribution in [0.3, 0.4) is 0 Å². The molecule has 0 aliphatic carbocycles. The molecule has 0 bridgehead atoms. The second-order valence-corrected chi connectivity index (χ2v) is 8.57. The molecule has 1 aromatic rings. The summed E-state index contributed by atoms with van der Waals surface area (Å²) >= 11 is 7.31. The Kier molecular flexibility index (Phi) is 6.91. The van der Waals surface area contributed by atoms with Gasteiger partial charge in [0.25, 0.3) is 5.91 Å². The number of piperazine rings is 1. The molecule has 2 rings (SSSR count). The standard InChI is InChI=1S/C17H20ClF2IN2O4/c1-17(2,3)27-16(26)22-4-5-23(9(7-22)8-24)15(25)10-6-11(19)14(21)12(18)13(10)20/h6,9,24H,4-5,7-8H2,1-3H3/t9-/m0/s1. The fraction of sp³-hybridized carbons (Fsp3) is 0.529. The molecule has 1 heterocycles. The van der Waals surface area contributed by atoms with E-state index in [1.54, 1.807) is 43.4 Å². The second kappa shape index (κ2) is 8.44. The average Bonchev–Trinajstić information content (AvgIpc) is 2.60. The topological polar surface area (TPSA) is 70.1 Å². The van der Waals surface area contributed by atoms with E-state index in [1.165, 1.54) is 9.80 Å². The van der Waals surface area contributed by atoms with Gasteiger partial charge in [0.1, 0.15) is 11.4 Å². The fourth-order valence-corrected chi connectivity index (χ4v) is 3.24. The van der Waals surface area contributed by atoms with Crippen LogP contribution in [0.2, 0.25) is 5.02 Å². The van der Waals surface area contributed by atoms with Gasteiger partial charge in [-0.05, 0) is 49.4 Å². The van der Waals surface area contributed by atoms with Crippen LogP contribution in [0.4, 0.5) is 13.6 Å². The Bertz CT molecular complexity index is 757. The van der Waals surface area contributed by atoms with E-state index in [1.807, 2.05) is 0 Å². The van der Waals surface area contributed by atoms with Crippen molar-refractivity contribution in [3.05, 3.63) is 31.9 Å². The number of amides is 2. The van der Waals surface area contributed by atoms with Crippen LogP contribution in [-0.4, -0.2) is 64.8 Å². The van der Waals surface area contributed by atoms with Gasteiger partial charge in [-0.25, -0.2) is 13.6 Å². The molecular weight excluding hydrogens is 497 g/mol. The predicted octanol–water partition coefficient (Wildman–Crippen LogP) is 3.28. The summed E-state index contributed by atoms with van der Waals surface area (Å²) in [6.45, 7) is 4.92. The molecule has 1 N–H and O–H groups in total. The fourth-order valence-electron chi connectivity index (χ4n) is 2.65. The van der Waals surface area contributed by atoms with Gasteiger partial charge in [0.05, 0.1) is 26.8 Å². The first-order valence-electron chi connectivity index (χ1n) is 8.19. The number of carbonyl (C=O) groups excluding carboxylic acids is 2. The van der Waals surface area contributed by atoms with E-state index in [-0.39, 0.29) is 23.2 Å². The second-order valence-electron chi connectivity index (χ2n) is 7.11. The van der Waals surface area contributed by atoms with E-state index < -0.39 is 52.5 Å². The number of rotatable bonds is 2. The van der Waals surface area contributed by atoms with E-state index in [9.17, 15) is 23.5 Å². The van der Waals surface area contributed by atoms with E-state index in [0.29, 0.717) is 0 Å². The number of ether oxygens (including phenoxy) is 1. The molecule has 0 radical (unpaired) electrons. The van der Waals surface area contributed by atoms with Gasteiger partial charge in [0.15, 0.2) is 5.82 Å². The molecule has 0 saturated carbocycles. The first kappa shape index (κ1) is 22.1. The molecule has 1 atom stereocenters. The van der Waals surface area contributed by atoms with Crippen molar-refractivity contribution in [2.24, 2.45) is 0 Å². The molecule has 27 heavy (non-hydrogen) atoms. The van der Waals surface area contributed by atoms with Crippen molar-refractivity contribution in [2.45, 2.75) is 32.4 Å². The minimum Gasteiger partial charge on any atom is -0.444 e. The van der Waals surface area contributed by atoms with Crippen molar-refractivity contribution in [2.75, 3.05) is 26.2 Å². The third kappa shape index (κ3) is 5.00. The SMILES string of the molecule is CC(C)(C)OC(=O)N1CCN(C(=O)c2cc(F)c(I)c(Cl)c2F)[C@H](CO)C1. The van der Waals surface area contributed by atoms with Crippen LogP contribution in [0, 0.1) is 15.2 Å². The number of hydrogen-bond acceptors (Lipinski definition) is 4. The Morgan fingerprint density at radius 1 is 1.37 bits per heavy atom.